The number of nitrogens with one attached hydrogen (secondary N) is 1. The maximum absolute atomic E-state index is 12.5. The van der Waals surface area contributed by atoms with Gasteiger partial charge in [0.1, 0.15) is 0 Å². The number of halogens is 1. The van der Waals surface area contributed by atoms with Crippen molar-refractivity contribution in [2.75, 3.05) is 7.05 Å². The molecule has 1 amide bonds. The third-order valence-corrected chi connectivity index (χ3v) is 5.35. The molecule has 2 rings (SSSR count). The number of carbonyl (C=O) groups is 1. The average molecular weight is 367 g/mol. The Morgan fingerprint density at radius 2 is 1.95 bits per heavy atom. The molecular weight excluding hydrogens is 340 g/mol. The Labute approximate surface area is 142 Å². The van der Waals surface area contributed by atoms with Gasteiger partial charge in [0.2, 0.25) is 5.91 Å². The van der Waals surface area contributed by atoms with E-state index in [1.54, 1.807) is 0 Å². The molecule has 3 unspecified atom stereocenters. The summed E-state index contributed by atoms with van der Waals surface area (Å²) >= 11 is 3.45. The van der Waals surface area contributed by atoms with E-state index < -0.39 is 0 Å². The quantitative estimate of drug-likeness (QED) is 0.854. The van der Waals surface area contributed by atoms with Gasteiger partial charge in [-0.1, -0.05) is 47.8 Å². The standard InChI is InChI=1S/C18H27BrN2O/c1-13-6-4-5-7-17(13)20-18(22)14(2)21(3)12-15-8-10-16(19)11-9-15/h8-11,13-14,17H,4-7,12H2,1-3H3,(H,20,22). The molecule has 3 nitrogen and oxygen atoms in total. The predicted molar refractivity (Wildman–Crippen MR) is 94.6 cm³/mol. The van der Waals surface area contributed by atoms with Gasteiger partial charge >= 0.3 is 0 Å². The monoisotopic (exact) mass is 366 g/mol. The summed E-state index contributed by atoms with van der Waals surface area (Å²) < 4.78 is 1.08. The highest BCUT2D eigenvalue weighted by Crippen LogP contribution is 2.24. The smallest absolute Gasteiger partial charge is 0.237 e. The van der Waals surface area contributed by atoms with E-state index in [2.05, 4.69) is 45.2 Å². The summed E-state index contributed by atoms with van der Waals surface area (Å²) in [4.78, 5) is 14.6. The largest absolute Gasteiger partial charge is 0.352 e. The van der Waals surface area contributed by atoms with E-state index in [1.807, 2.05) is 26.1 Å². The lowest BCUT2D eigenvalue weighted by atomic mass is 9.86. The van der Waals surface area contributed by atoms with Crippen molar-refractivity contribution in [2.45, 2.75) is 58.2 Å². The molecule has 0 bridgehead atoms. The maximum Gasteiger partial charge on any atom is 0.237 e. The number of nitrogens with zero attached hydrogens (tertiary/aromatic N) is 1. The van der Waals surface area contributed by atoms with Gasteiger partial charge in [-0.05, 0) is 50.4 Å². The zero-order chi connectivity index (χ0) is 16.1. The van der Waals surface area contributed by atoms with Gasteiger partial charge in [0.25, 0.3) is 0 Å². The number of carbonyl (C=O) groups excluding carboxylic acids is 1. The minimum absolute atomic E-state index is 0.113. The summed E-state index contributed by atoms with van der Waals surface area (Å²) in [6, 6.07) is 8.50. The highest BCUT2D eigenvalue weighted by Gasteiger charge is 2.26. The van der Waals surface area contributed by atoms with Crippen LogP contribution in [0.5, 0.6) is 0 Å². The molecule has 1 aliphatic rings. The molecule has 1 saturated carbocycles. The third-order valence-electron chi connectivity index (χ3n) is 4.82. The predicted octanol–water partition coefficient (Wildman–Crippen LogP) is 3.96. The van der Waals surface area contributed by atoms with Crippen molar-refractivity contribution in [1.82, 2.24) is 10.2 Å². The highest BCUT2D eigenvalue weighted by atomic mass is 79.9. The van der Waals surface area contributed by atoms with Crippen molar-refractivity contribution < 1.29 is 4.79 Å². The van der Waals surface area contributed by atoms with E-state index in [-0.39, 0.29) is 11.9 Å². The zero-order valence-corrected chi connectivity index (χ0v) is 15.4. The molecule has 1 aliphatic carbocycles. The molecule has 0 aliphatic heterocycles. The molecule has 1 fully saturated rings. The summed E-state index contributed by atoms with van der Waals surface area (Å²) in [7, 11) is 2.01. The lowest BCUT2D eigenvalue weighted by molar-refractivity contribution is -0.126. The fourth-order valence-corrected chi connectivity index (χ4v) is 3.31. The topological polar surface area (TPSA) is 32.3 Å². The first-order valence-electron chi connectivity index (χ1n) is 8.22. The Kier molecular flexibility index (Phi) is 6.45. The van der Waals surface area contributed by atoms with Crippen LogP contribution in [0.1, 0.15) is 45.1 Å². The number of hydrogen-bond acceptors (Lipinski definition) is 2. The molecule has 1 aromatic rings. The lowest BCUT2D eigenvalue weighted by Crippen LogP contribution is -2.49. The van der Waals surface area contributed by atoms with Crippen LogP contribution in [-0.2, 0) is 11.3 Å². The molecule has 0 heterocycles. The van der Waals surface area contributed by atoms with Crippen LogP contribution < -0.4 is 5.32 Å². The van der Waals surface area contributed by atoms with Crippen molar-refractivity contribution in [3.63, 3.8) is 0 Å². The van der Waals surface area contributed by atoms with Gasteiger partial charge in [0.15, 0.2) is 0 Å². The van der Waals surface area contributed by atoms with Gasteiger partial charge in [-0.15, -0.1) is 0 Å². The fourth-order valence-electron chi connectivity index (χ4n) is 3.05. The van der Waals surface area contributed by atoms with Gasteiger partial charge < -0.3 is 5.32 Å². The van der Waals surface area contributed by atoms with Crippen LogP contribution in [0.25, 0.3) is 0 Å². The van der Waals surface area contributed by atoms with Gasteiger partial charge in [0.05, 0.1) is 6.04 Å². The van der Waals surface area contributed by atoms with Crippen LogP contribution in [0.15, 0.2) is 28.7 Å². The van der Waals surface area contributed by atoms with Gasteiger partial charge in [-0.3, -0.25) is 9.69 Å². The number of benzene rings is 1. The average Bonchev–Trinajstić information content (AvgIpc) is 2.51. The van der Waals surface area contributed by atoms with Crippen molar-refractivity contribution in [2.24, 2.45) is 5.92 Å². The number of likely N-dealkylation sites (N-methyl/N-ethyl adjacent to an activating group) is 1. The van der Waals surface area contributed by atoms with Crippen molar-refractivity contribution in [1.29, 1.82) is 0 Å². The third kappa shape index (κ3) is 4.82. The van der Waals surface area contributed by atoms with Gasteiger partial charge in [-0.25, -0.2) is 0 Å². The molecule has 1 aromatic carbocycles. The van der Waals surface area contributed by atoms with E-state index in [1.165, 1.54) is 24.8 Å². The Balaban J connectivity index is 1.87. The molecule has 0 radical (unpaired) electrons. The summed E-state index contributed by atoms with van der Waals surface area (Å²) in [5.41, 5.74) is 1.22. The summed E-state index contributed by atoms with van der Waals surface area (Å²) in [6.45, 7) is 5.02. The minimum Gasteiger partial charge on any atom is -0.352 e. The van der Waals surface area contributed by atoms with Crippen LogP contribution in [0.3, 0.4) is 0 Å². The van der Waals surface area contributed by atoms with Crippen LogP contribution in [0.2, 0.25) is 0 Å². The summed E-state index contributed by atoms with van der Waals surface area (Å²) in [5, 5.41) is 3.26. The first kappa shape index (κ1) is 17.5. The first-order chi connectivity index (χ1) is 10.5. The summed E-state index contributed by atoms with van der Waals surface area (Å²) in [6.07, 6.45) is 4.88. The van der Waals surface area contributed by atoms with Crippen LogP contribution in [-0.4, -0.2) is 29.9 Å². The molecule has 0 aromatic heterocycles. The molecule has 1 N–H and O–H groups in total. The zero-order valence-electron chi connectivity index (χ0n) is 13.8. The van der Waals surface area contributed by atoms with Crippen LogP contribution >= 0.6 is 15.9 Å². The Hall–Kier alpha value is -0.870. The normalized spacial score (nSPS) is 23.3. The molecule has 4 heteroatoms. The number of rotatable bonds is 5. The van der Waals surface area contributed by atoms with E-state index >= 15 is 0 Å². The Morgan fingerprint density at radius 3 is 2.59 bits per heavy atom. The van der Waals surface area contributed by atoms with E-state index in [9.17, 15) is 4.79 Å². The van der Waals surface area contributed by atoms with Gasteiger partial charge in [-0.2, -0.15) is 0 Å². The molecular formula is C18H27BrN2O. The molecule has 0 spiro atoms. The molecule has 22 heavy (non-hydrogen) atoms. The van der Waals surface area contributed by atoms with Crippen molar-refractivity contribution >= 4 is 21.8 Å². The second kappa shape index (κ2) is 8.11. The van der Waals surface area contributed by atoms with Crippen LogP contribution in [0.4, 0.5) is 0 Å². The maximum atomic E-state index is 12.5. The number of hydrogen-bond donors (Lipinski definition) is 1. The SMILES string of the molecule is CC1CCCCC1NC(=O)C(C)N(C)Cc1ccc(Br)cc1. The summed E-state index contributed by atoms with van der Waals surface area (Å²) in [5.74, 6) is 0.750. The first-order valence-corrected chi connectivity index (χ1v) is 9.01. The minimum atomic E-state index is -0.113. The van der Waals surface area contributed by atoms with Crippen LogP contribution in [0, 0.1) is 5.92 Å². The van der Waals surface area contributed by atoms with Crippen molar-refractivity contribution in [3.05, 3.63) is 34.3 Å². The van der Waals surface area contributed by atoms with E-state index in [0.29, 0.717) is 12.0 Å². The Bertz CT molecular complexity index is 488. The van der Waals surface area contributed by atoms with E-state index in [0.717, 1.165) is 17.4 Å². The molecule has 122 valence electrons. The second-order valence-corrected chi connectivity index (χ2v) is 7.51. The van der Waals surface area contributed by atoms with Gasteiger partial charge in [0, 0.05) is 17.1 Å². The second-order valence-electron chi connectivity index (χ2n) is 6.59. The molecule has 3 atom stereocenters. The molecule has 0 saturated heterocycles. The fraction of sp³-hybridized carbons (Fsp3) is 0.611. The lowest BCUT2D eigenvalue weighted by Gasteiger charge is -2.32. The number of amides is 1. The van der Waals surface area contributed by atoms with E-state index in [4.69, 9.17) is 0 Å². The Morgan fingerprint density at radius 1 is 1.32 bits per heavy atom. The van der Waals surface area contributed by atoms with Crippen molar-refractivity contribution in [3.8, 4) is 0 Å². The highest BCUT2D eigenvalue weighted by molar-refractivity contribution is 9.10.